The SMILES string of the molecule is Cc1ccc(C(C)(O)CNC(=O)Cn2c(C)csc2=O)o1. The topological polar surface area (TPSA) is 84.5 Å². The Morgan fingerprint density at radius 1 is 1.48 bits per heavy atom. The van der Waals surface area contributed by atoms with Crippen LogP contribution in [0.2, 0.25) is 0 Å². The van der Waals surface area contributed by atoms with Crippen LogP contribution in [0.1, 0.15) is 24.1 Å². The number of hydrogen-bond donors (Lipinski definition) is 2. The zero-order valence-corrected chi connectivity index (χ0v) is 13.0. The van der Waals surface area contributed by atoms with Crippen LogP contribution in [0.5, 0.6) is 0 Å². The zero-order valence-electron chi connectivity index (χ0n) is 12.2. The van der Waals surface area contributed by atoms with Gasteiger partial charge in [-0.25, -0.2) is 0 Å². The van der Waals surface area contributed by atoms with Crippen molar-refractivity contribution in [2.75, 3.05) is 6.54 Å². The highest BCUT2D eigenvalue weighted by Crippen LogP contribution is 2.21. The number of aryl methyl sites for hydroxylation is 2. The molecule has 0 fully saturated rings. The van der Waals surface area contributed by atoms with Gasteiger partial charge in [0.2, 0.25) is 5.91 Å². The van der Waals surface area contributed by atoms with Gasteiger partial charge in [-0.3, -0.25) is 14.2 Å². The average molecular weight is 310 g/mol. The minimum Gasteiger partial charge on any atom is -0.463 e. The second-order valence-electron chi connectivity index (χ2n) is 5.19. The molecule has 2 heterocycles. The maximum Gasteiger partial charge on any atom is 0.307 e. The molecule has 2 rings (SSSR count). The van der Waals surface area contributed by atoms with Crippen molar-refractivity contribution in [3.8, 4) is 0 Å². The molecule has 0 saturated heterocycles. The van der Waals surface area contributed by atoms with E-state index in [0.29, 0.717) is 11.5 Å². The molecule has 1 amide bonds. The summed E-state index contributed by atoms with van der Waals surface area (Å²) < 4.78 is 6.76. The number of carbonyl (C=O) groups is 1. The second-order valence-corrected chi connectivity index (χ2v) is 6.01. The van der Waals surface area contributed by atoms with Gasteiger partial charge in [-0.05, 0) is 32.9 Å². The van der Waals surface area contributed by atoms with Crippen molar-refractivity contribution in [3.05, 3.63) is 44.4 Å². The minimum atomic E-state index is -1.29. The third-order valence-corrected chi connectivity index (χ3v) is 4.06. The number of thiazole rings is 1. The molecular weight excluding hydrogens is 292 g/mol. The molecule has 6 nitrogen and oxygen atoms in total. The average Bonchev–Trinajstić information content (AvgIpc) is 2.98. The first-order chi connectivity index (χ1) is 9.79. The van der Waals surface area contributed by atoms with E-state index in [2.05, 4.69) is 5.32 Å². The van der Waals surface area contributed by atoms with Crippen molar-refractivity contribution in [3.63, 3.8) is 0 Å². The van der Waals surface area contributed by atoms with Gasteiger partial charge in [0.25, 0.3) is 0 Å². The Hall–Kier alpha value is -1.86. The van der Waals surface area contributed by atoms with E-state index in [1.54, 1.807) is 38.3 Å². The zero-order chi connectivity index (χ0) is 15.6. The lowest BCUT2D eigenvalue weighted by atomic mass is 10.0. The number of carbonyl (C=O) groups excluding carboxylic acids is 1. The van der Waals surface area contributed by atoms with Crippen LogP contribution in [0.4, 0.5) is 0 Å². The molecule has 21 heavy (non-hydrogen) atoms. The Bertz CT molecular complexity index is 696. The summed E-state index contributed by atoms with van der Waals surface area (Å²) in [7, 11) is 0. The first-order valence-electron chi connectivity index (χ1n) is 6.50. The highest BCUT2D eigenvalue weighted by atomic mass is 32.1. The lowest BCUT2D eigenvalue weighted by Gasteiger charge is -2.21. The predicted molar refractivity (Wildman–Crippen MR) is 79.3 cm³/mol. The quantitative estimate of drug-likeness (QED) is 0.867. The van der Waals surface area contributed by atoms with Gasteiger partial charge in [-0.1, -0.05) is 11.3 Å². The Kier molecular flexibility index (Phi) is 4.34. The van der Waals surface area contributed by atoms with Crippen LogP contribution in [0.3, 0.4) is 0 Å². The molecule has 2 aromatic rings. The monoisotopic (exact) mass is 310 g/mol. The number of aromatic nitrogens is 1. The molecule has 7 heteroatoms. The molecule has 0 radical (unpaired) electrons. The van der Waals surface area contributed by atoms with Crippen LogP contribution in [-0.4, -0.2) is 22.1 Å². The van der Waals surface area contributed by atoms with E-state index < -0.39 is 5.60 Å². The fourth-order valence-electron chi connectivity index (χ4n) is 1.88. The van der Waals surface area contributed by atoms with Crippen LogP contribution in [0.15, 0.2) is 26.7 Å². The number of amides is 1. The Morgan fingerprint density at radius 2 is 2.19 bits per heavy atom. The van der Waals surface area contributed by atoms with Gasteiger partial charge >= 0.3 is 4.87 Å². The maximum atomic E-state index is 11.9. The van der Waals surface area contributed by atoms with Crippen LogP contribution in [0, 0.1) is 13.8 Å². The fourth-order valence-corrected chi connectivity index (χ4v) is 2.61. The van der Waals surface area contributed by atoms with Gasteiger partial charge in [-0.15, -0.1) is 0 Å². The van der Waals surface area contributed by atoms with Gasteiger partial charge in [0.05, 0.1) is 6.54 Å². The number of rotatable bonds is 5. The van der Waals surface area contributed by atoms with E-state index >= 15 is 0 Å². The van der Waals surface area contributed by atoms with Crippen molar-refractivity contribution in [1.29, 1.82) is 0 Å². The summed E-state index contributed by atoms with van der Waals surface area (Å²) in [5.74, 6) is 0.753. The molecule has 2 N–H and O–H groups in total. The molecule has 0 aromatic carbocycles. The predicted octanol–water partition coefficient (Wildman–Crippen LogP) is 1.14. The minimum absolute atomic E-state index is 0.0106. The number of aliphatic hydroxyl groups is 1. The third-order valence-electron chi connectivity index (χ3n) is 3.18. The number of hydrogen-bond acceptors (Lipinski definition) is 5. The van der Waals surface area contributed by atoms with E-state index in [4.69, 9.17) is 4.42 Å². The van der Waals surface area contributed by atoms with Crippen molar-refractivity contribution < 1.29 is 14.3 Å². The summed E-state index contributed by atoms with van der Waals surface area (Å²) in [5.41, 5.74) is -0.549. The highest BCUT2D eigenvalue weighted by molar-refractivity contribution is 7.07. The largest absolute Gasteiger partial charge is 0.463 e. The molecule has 0 aliphatic heterocycles. The molecule has 0 aliphatic rings. The first kappa shape index (κ1) is 15.5. The summed E-state index contributed by atoms with van der Waals surface area (Å²) in [6.07, 6.45) is 0. The maximum absolute atomic E-state index is 11.9. The van der Waals surface area contributed by atoms with E-state index in [-0.39, 0.29) is 23.9 Å². The smallest absolute Gasteiger partial charge is 0.307 e. The molecule has 2 aromatic heterocycles. The molecule has 0 saturated carbocycles. The lowest BCUT2D eigenvalue weighted by molar-refractivity contribution is -0.123. The van der Waals surface area contributed by atoms with Crippen molar-refractivity contribution in [2.45, 2.75) is 32.9 Å². The molecule has 114 valence electrons. The van der Waals surface area contributed by atoms with E-state index in [1.165, 1.54) is 4.57 Å². The van der Waals surface area contributed by atoms with Gasteiger partial charge < -0.3 is 14.8 Å². The summed E-state index contributed by atoms with van der Waals surface area (Å²) >= 11 is 1.06. The molecular formula is C14H18N2O4S. The van der Waals surface area contributed by atoms with Crippen LogP contribution in [0.25, 0.3) is 0 Å². The summed E-state index contributed by atoms with van der Waals surface area (Å²) in [4.78, 5) is 23.3. The normalized spacial score (nSPS) is 13.9. The number of furan rings is 1. The first-order valence-corrected chi connectivity index (χ1v) is 7.38. The van der Waals surface area contributed by atoms with E-state index in [1.807, 2.05) is 0 Å². The number of nitrogens with zero attached hydrogens (tertiary/aromatic N) is 1. The summed E-state index contributed by atoms with van der Waals surface area (Å²) in [5, 5.41) is 14.6. The lowest BCUT2D eigenvalue weighted by Crippen LogP contribution is -2.40. The van der Waals surface area contributed by atoms with Crippen LogP contribution in [-0.2, 0) is 16.9 Å². The van der Waals surface area contributed by atoms with Gasteiger partial charge in [0.1, 0.15) is 23.7 Å². The Balaban J connectivity index is 1.96. The molecule has 1 unspecified atom stereocenters. The van der Waals surface area contributed by atoms with Crippen molar-refractivity contribution in [1.82, 2.24) is 9.88 Å². The van der Waals surface area contributed by atoms with Gasteiger partial charge in [0.15, 0.2) is 0 Å². The Morgan fingerprint density at radius 3 is 2.71 bits per heavy atom. The van der Waals surface area contributed by atoms with Crippen LogP contribution >= 0.6 is 11.3 Å². The molecule has 0 bridgehead atoms. The summed E-state index contributed by atoms with van der Waals surface area (Å²) in [6, 6.07) is 3.43. The van der Waals surface area contributed by atoms with E-state index in [0.717, 1.165) is 17.0 Å². The fraction of sp³-hybridized carbons (Fsp3) is 0.429. The Labute approximate surface area is 126 Å². The number of nitrogens with one attached hydrogen (secondary N) is 1. The molecule has 0 spiro atoms. The summed E-state index contributed by atoms with van der Waals surface area (Å²) in [6.45, 7) is 5.07. The molecule has 0 aliphatic carbocycles. The third kappa shape index (κ3) is 3.62. The van der Waals surface area contributed by atoms with Crippen molar-refractivity contribution >= 4 is 17.2 Å². The van der Waals surface area contributed by atoms with Crippen LogP contribution < -0.4 is 10.2 Å². The van der Waals surface area contributed by atoms with E-state index in [9.17, 15) is 14.7 Å². The standard InChI is InChI=1S/C14H18N2O4S/c1-9-7-21-13(18)16(9)6-12(17)15-8-14(3,19)11-5-4-10(2)20-11/h4-5,7,19H,6,8H2,1-3H3,(H,15,17). The van der Waals surface area contributed by atoms with Gasteiger partial charge in [0, 0.05) is 11.1 Å². The van der Waals surface area contributed by atoms with Gasteiger partial charge in [-0.2, -0.15) is 0 Å². The van der Waals surface area contributed by atoms with Crippen molar-refractivity contribution in [2.24, 2.45) is 0 Å². The highest BCUT2D eigenvalue weighted by Gasteiger charge is 2.27. The molecule has 1 atom stereocenters. The second kappa shape index (κ2) is 5.87.